The number of imide groups is 1. The van der Waals surface area contributed by atoms with Crippen LogP contribution in [-0.4, -0.2) is 30.4 Å². The number of hydrogen-bond acceptors (Lipinski definition) is 7. The van der Waals surface area contributed by atoms with E-state index in [0.29, 0.717) is 35.6 Å². The highest BCUT2D eigenvalue weighted by Crippen LogP contribution is 2.31. The van der Waals surface area contributed by atoms with Gasteiger partial charge in [-0.25, -0.2) is 14.5 Å². The maximum Gasteiger partial charge on any atom is 0.343 e. The first kappa shape index (κ1) is 26.6. The van der Waals surface area contributed by atoms with Crippen molar-refractivity contribution in [1.29, 1.82) is 0 Å². The fourth-order valence-corrected chi connectivity index (χ4v) is 4.03. The number of rotatable bonds is 8. The maximum atomic E-state index is 13.1. The average Bonchev–Trinajstić information content (AvgIpc) is 3.12. The summed E-state index contributed by atoms with van der Waals surface area (Å²) in [6.07, 6.45) is 0.695. The summed E-state index contributed by atoms with van der Waals surface area (Å²) < 4.78 is 10.7. The van der Waals surface area contributed by atoms with Gasteiger partial charge in [0.25, 0.3) is 11.8 Å². The summed E-state index contributed by atoms with van der Waals surface area (Å²) >= 11 is 6.22. The van der Waals surface area contributed by atoms with Crippen LogP contribution in [0.1, 0.15) is 45.2 Å². The third-order valence-corrected chi connectivity index (χ3v) is 6.17. The van der Waals surface area contributed by atoms with Gasteiger partial charge in [0.15, 0.2) is 0 Å². The van der Waals surface area contributed by atoms with Crippen molar-refractivity contribution >= 4 is 46.7 Å². The number of esters is 2. The van der Waals surface area contributed by atoms with Crippen LogP contribution in [0.15, 0.2) is 77.5 Å². The molecule has 8 nitrogen and oxygen atoms in total. The Labute approximate surface area is 224 Å². The van der Waals surface area contributed by atoms with Crippen LogP contribution in [0.25, 0.3) is 0 Å². The highest BCUT2D eigenvalue weighted by Gasteiger charge is 2.39. The number of carbonyl (C=O) groups is 4. The van der Waals surface area contributed by atoms with E-state index >= 15 is 0 Å². The van der Waals surface area contributed by atoms with Crippen molar-refractivity contribution in [2.24, 2.45) is 0 Å². The van der Waals surface area contributed by atoms with Crippen molar-refractivity contribution in [3.05, 3.63) is 99.7 Å². The largest absolute Gasteiger partial charge is 0.462 e. The highest BCUT2D eigenvalue weighted by atomic mass is 35.5. The Morgan fingerprint density at radius 3 is 2.03 bits per heavy atom. The van der Waals surface area contributed by atoms with Crippen molar-refractivity contribution in [2.45, 2.75) is 27.2 Å². The zero-order chi connectivity index (χ0) is 27.4. The number of nitrogens with zero attached hydrogens (tertiary/aromatic N) is 1. The van der Waals surface area contributed by atoms with Crippen LogP contribution in [0.3, 0.4) is 0 Å². The topological polar surface area (TPSA) is 102 Å². The smallest absolute Gasteiger partial charge is 0.343 e. The number of hydrogen-bond donors (Lipinski definition) is 1. The zero-order valence-electron chi connectivity index (χ0n) is 21.0. The second kappa shape index (κ2) is 11.3. The molecule has 0 aliphatic carbocycles. The van der Waals surface area contributed by atoms with Crippen LogP contribution in [0.2, 0.25) is 0 Å². The molecule has 0 saturated heterocycles. The summed E-state index contributed by atoms with van der Waals surface area (Å²) in [7, 11) is 0. The maximum absolute atomic E-state index is 13.1. The third kappa shape index (κ3) is 5.45. The predicted octanol–water partition coefficient (Wildman–Crippen LogP) is 5.53. The normalized spacial score (nSPS) is 13.1. The number of amides is 2. The standard InChI is InChI=1S/C29H25ClN2O6/c1-4-16-37-28(35)19-10-14-22(15-11-19)32-26(33)23(30)24(27(32)34)31-21-12-8-20(9-13-21)29(36)38-25-17(2)6-5-7-18(25)3/h5-15,31H,4,16H2,1-3H3. The molecule has 2 amide bonds. The van der Waals surface area contributed by atoms with E-state index in [4.69, 9.17) is 21.1 Å². The number of anilines is 2. The first-order chi connectivity index (χ1) is 18.2. The molecule has 0 aromatic heterocycles. The molecule has 3 aromatic carbocycles. The van der Waals surface area contributed by atoms with Crippen LogP contribution < -0.4 is 15.0 Å². The SMILES string of the molecule is CCCOC(=O)c1ccc(N2C(=O)C(Cl)=C(Nc3ccc(C(=O)Oc4c(C)cccc4C)cc3)C2=O)cc1. The lowest BCUT2D eigenvalue weighted by Crippen LogP contribution is -2.32. The quantitative estimate of drug-likeness (QED) is 0.231. The fraction of sp³-hybridized carbons (Fsp3) is 0.172. The van der Waals surface area contributed by atoms with Gasteiger partial charge in [-0.1, -0.05) is 36.7 Å². The van der Waals surface area contributed by atoms with Gasteiger partial charge in [-0.15, -0.1) is 0 Å². The molecule has 3 aromatic rings. The minimum absolute atomic E-state index is 0.103. The van der Waals surface area contributed by atoms with Gasteiger partial charge in [0.2, 0.25) is 0 Å². The number of nitrogens with one attached hydrogen (secondary N) is 1. The molecule has 9 heteroatoms. The van der Waals surface area contributed by atoms with Crippen molar-refractivity contribution in [3.63, 3.8) is 0 Å². The van der Waals surface area contributed by atoms with Gasteiger partial charge in [-0.2, -0.15) is 0 Å². The Kier molecular flexibility index (Phi) is 7.93. The van der Waals surface area contributed by atoms with E-state index in [1.165, 1.54) is 24.3 Å². The number of para-hydroxylation sites is 1. The first-order valence-corrected chi connectivity index (χ1v) is 12.3. The van der Waals surface area contributed by atoms with Crippen LogP contribution in [0, 0.1) is 13.8 Å². The van der Waals surface area contributed by atoms with E-state index in [9.17, 15) is 19.2 Å². The second-order valence-electron chi connectivity index (χ2n) is 8.63. The lowest BCUT2D eigenvalue weighted by atomic mass is 10.1. The number of aryl methyl sites for hydroxylation is 2. The molecule has 1 aliphatic heterocycles. The molecule has 0 spiro atoms. The Morgan fingerprint density at radius 2 is 1.42 bits per heavy atom. The first-order valence-electron chi connectivity index (χ1n) is 11.9. The number of benzene rings is 3. The van der Waals surface area contributed by atoms with Crippen LogP contribution >= 0.6 is 11.6 Å². The van der Waals surface area contributed by atoms with E-state index < -0.39 is 23.8 Å². The van der Waals surface area contributed by atoms with Crippen LogP contribution in [0.4, 0.5) is 11.4 Å². The molecule has 0 atom stereocenters. The van der Waals surface area contributed by atoms with E-state index in [2.05, 4.69) is 5.32 Å². The second-order valence-corrected chi connectivity index (χ2v) is 9.01. The van der Waals surface area contributed by atoms with Crippen molar-refractivity contribution in [1.82, 2.24) is 0 Å². The molecule has 0 saturated carbocycles. The summed E-state index contributed by atoms with van der Waals surface area (Å²) in [5.74, 6) is -1.85. The summed E-state index contributed by atoms with van der Waals surface area (Å²) in [6.45, 7) is 5.91. The van der Waals surface area contributed by atoms with E-state index in [1.54, 1.807) is 24.3 Å². The molecular weight excluding hydrogens is 508 g/mol. The number of carbonyl (C=O) groups excluding carboxylic acids is 4. The van der Waals surface area contributed by atoms with E-state index in [-0.39, 0.29) is 16.4 Å². The van der Waals surface area contributed by atoms with Crippen molar-refractivity contribution < 1.29 is 28.7 Å². The van der Waals surface area contributed by atoms with Crippen LogP contribution in [0.5, 0.6) is 5.75 Å². The van der Waals surface area contributed by atoms with Crippen molar-refractivity contribution in [3.8, 4) is 5.75 Å². The molecule has 0 bridgehead atoms. The molecule has 0 radical (unpaired) electrons. The molecule has 1 heterocycles. The molecule has 1 N–H and O–H groups in total. The minimum atomic E-state index is -0.700. The summed E-state index contributed by atoms with van der Waals surface area (Å²) in [5.41, 5.74) is 2.90. The predicted molar refractivity (Wildman–Crippen MR) is 143 cm³/mol. The third-order valence-electron chi connectivity index (χ3n) is 5.82. The van der Waals surface area contributed by atoms with E-state index in [0.717, 1.165) is 16.0 Å². The monoisotopic (exact) mass is 532 g/mol. The van der Waals surface area contributed by atoms with Crippen LogP contribution in [-0.2, 0) is 14.3 Å². The molecule has 0 fully saturated rings. The van der Waals surface area contributed by atoms with E-state index in [1.807, 2.05) is 39.0 Å². The minimum Gasteiger partial charge on any atom is -0.462 e. The summed E-state index contributed by atoms with van der Waals surface area (Å²) in [4.78, 5) is 51.4. The lowest BCUT2D eigenvalue weighted by Gasteiger charge is -2.15. The van der Waals surface area contributed by atoms with Gasteiger partial charge in [0.1, 0.15) is 16.5 Å². The summed E-state index contributed by atoms with van der Waals surface area (Å²) in [6, 6.07) is 17.8. The molecular formula is C29H25ClN2O6. The molecule has 38 heavy (non-hydrogen) atoms. The van der Waals surface area contributed by atoms with Gasteiger partial charge < -0.3 is 14.8 Å². The van der Waals surface area contributed by atoms with Gasteiger partial charge in [0.05, 0.1) is 23.4 Å². The Balaban J connectivity index is 1.45. The molecule has 194 valence electrons. The fourth-order valence-electron chi connectivity index (χ4n) is 3.82. The number of ether oxygens (including phenoxy) is 2. The van der Waals surface area contributed by atoms with Gasteiger partial charge in [-0.05, 0) is 79.9 Å². The lowest BCUT2D eigenvalue weighted by molar-refractivity contribution is -0.120. The van der Waals surface area contributed by atoms with Gasteiger partial charge in [0, 0.05) is 5.69 Å². The Hall–Kier alpha value is -4.43. The zero-order valence-corrected chi connectivity index (χ0v) is 21.8. The Morgan fingerprint density at radius 1 is 0.842 bits per heavy atom. The van der Waals surface area contributed by atoms with Crippen molar-refractivity contribution in [2.75, 3.05) is 16.8 Å². The molecule has 4 rings (SSSR count). The summed E-state index contributed by atoms with van der Waals surface area (Å²) in [5, 5.41) is 2.59. The van der Waals surface area contributed by atoms with Gasteiger partial charge >= 0.3 is 11.9 Å². The highest BCUT2D eigenvalue weighted by molar-refractivity contribution is 6.53. The molecule has 1 aliphatic rings. The average molecular weight is 533 g/mol. The number of halogens is 1. The van der Waals surface area contributed by atoms with Gasteiger partial charge in [-0.3, -0.25) is 9.59 Å². The molecule has 0 unspecified atom stereocenters. The Bertz CT molecular complexity index is 1420.